The van der Waals surface area contributed by atoms with E-state index in [-0.39, 0.29) is 0 Å². The summed E-state index contributed by atoms with van der Waals surface area (Å²) in [5.74, 6) is 6.91. The van der Waals surface area contributed by atoms with Gasteiger partial charge in [0.15, 0.2) is 0 Å². The first kappa shape index (κ1) is 14.1. The fourth-order valence-corrected chi connectivity index (χ4v) is 2.64. The molecular formula is C17H24N2. The molecule has 0 aliphatic carbocycles. The minimum atomic E-state index is 0.442. The van der Waals surface area contributed by atoms with Crippen LogP contribution >= 0.6 is 0 Å². The molecular weight excluding hydrogens is 232 g/mol. The van der Waals surface area contributed by atoms with Crippen LogP contribution in [0, 0.1) is 17.8 Å². The van der Waals surface area contributed by atoms with Crippen LogP contribution in [0.25, 0.3) is 0 Å². The minimum absolute atomic E-state index is 0.442. The lowest BCUT2D eigenvalue weighted by Crippen LogP contribution is -2.54. The zero-order valence-corrected chi connectivity index (χ0v) is 12.2. The number of piperazine rings is 1. The van der Waals surface area contributed by atoms with Crippen molar-refractivity contribution in [1.29, 1.82) is 0 Å². The first-order valence-electron chi connectivity index (χ1n) is 7.14. The van der Waals surface area contributed by atoms with Crippen molar-refractivity contribution in [2.45, 2.75) is 32.9 Å². The lowest BCUT2D eigenvalue weighted by atomic mass is 9.96. The highest BCUT2D eigenvalue weighted by atomic mass is 15.2. The van der Waals surface area contributed by atoms with Crippen molar-refractivity contribution in [2.75, 3.05) is 19.6 Å². The van der Waals surface area contributed by atoms with Crippen molar-refractivity contribution in [3.63, 3.8) is 0 Å². The number of nitrogens with zero attached hydrogens (tertiary/aromatic N) is 1. The first-order chi connectivity index (χ1) is 9.22. The molecule has 0 amide bonds. The van der Waals surface area contributed by atoms with E-state index in [1.807, 2.05) is 6.92 Å². The zero-order valence-electron chi connectivity index (χ0n) is 12.2. The Morgan fingerprint density at radius 2 is 2.05 bits per heavy atom. The number of benzene rings is 1. The van der Waals surface area contributed by atoms with E-state index in [9.17, 15) is 0 Å². The van der Waals surface area contributed by atoms with E-state index in [1.165, 1.54) is 5.56 Å². The standard InChI is InChI=1S/C17H24N2/c1-4-5-11-19-13-16(14(2)3)18-12-17(19)15-9-7-6-8-10-15/h6-10,14,16-18H,11-13H2,1-3H3. The third kappa shape index (κ3) is 3.59. The molecule has 102 valence electrons. The molecule has 2 atom stereocenters. The Bertz CT molecular complexity index is 441. The molecule has 0 spiro atoms. The van der Waals surface area contributed by atoms with Gasteiger partial charge in [-0.1, -0.05) is 50.1 Å². The van der Waals surface area contributed by atoms with Gasteiger partial charge >= 0.3 is 0 Å². The van der Waals surface area contributed by atoms with Crippen molar-refractivity contribution in [1.82, 2.24) is 10.2 Å². The fraction of sp³-hybridized carbons (Fsp3) is 0.529. The van der Waals surface area contributed by atoms with Gasteiger partial charge in [-0.05, 0) is 18.4 Å². The van der Waals surface area contributed by atoms with Gasteiger partial charge in [-0.15, -0.1) is 5.92 Å². The van der Waals surface area contributed by atoms with Gasteiger partial charge in [-0.25, -0.2) is 0 Å². The second-order valence-corrected chi connectivity index (χ2v) is 5.54. The van der Waals surface area contributed by atoms with Crippen molar-refractivity contribution >= 4 is 0 Å². The molecule has 1 saturated heterocycles. The van der Waals surface area contributed by atoms with Crippen molar-refractivity contribution in [2.24, 2.45) is 5.92 Å². The van der Waals surface area contributed by atoms with Crippen LogP contribution in [-0.2, 0) is 0 Å². The molecule has 0 radical (unpaired) electrons. The van der Waals surface area contributed by atoms with Crippen LogP contribution in [0.1, 0.15) is 32.4 Å². The maximum atomic E-state index is 3.68. The van der Waals surface area contributed by atoms with Gasteiger partial charge in [-0.2, -0.15) is 0 Å². The van der Waals surface area contributed by atoms with E-state index in [1.54, 1.807) is 0 Å². The van der Waals surface area contributed by atoms with Crippen LogP contribution in [-0.4, -0.2) is 30.6 Å². The molecule has 2 unspecified atom stereocenters. The van der Waals surface area contributed by atoms with Gasteiger partial charge < -0.3 is 5.32 Å². The Balaban J connectivity index is 2.14. The fourth-order valence-electron chi connectivity index (χ4n) is 2.64. The third-order valence-corrected chi connectivity index (χ3v) is 3.89. The van der Waals surface area contributed by atoms with Gasteiger partial charge in [0, 0.05) is 25.2 Å². The minimum Gasteiger partial charge on any atom is -0.311 e. The van der Waals surface area contributed by atoms with E-state index >= 15 is 0 Å². The van der Waals surface area contributed by atoms with Crippen LogP contribution in [0.15, 0.2) is 30.3 Å². The molecule has 1 N–H and O–H groups in total. The Hall–Kier alpha value is -1.30. The van der Waals surface area contributed by atoms with Gasteiger partial charge in [0.25, 0.3) is 0 Å². The van der Waals surface area contributed by atoms with Crippen LogP contribution in [0.3, 0.4) is 0 Å². The molecule has 1 aliphatic rings. The summed E-state index contributed by atoms with van der Waals surface area (Å²) in [7, 11) is 0. The van der Waals surface area contributed by atoms with Gasteiger partial charge in [0.2, 0.25) is 0 Å². The summed E-state index contributed by atoms with van der Waals surface area (Å²) >= 11 is 0. The van der Waals surface area contributed by atoms with E-state index in [4.69, 9.17) is 0 Å². The molecule has 0 bridgehead atoms. The molecule has 2 nitrogen and oxygen atoms in total. The lowest BCUT2D eigenvalue weighted by molar-refractivity contribution is 0.129. The molecule has 1 fully saturated rings. The highest BCUT2D eigenvalue weighted by Gasteiger charge is 2.29. The smallest absolute Gasteiger partial charge is 0.0607 e. The number of hydrogen-bond acceptors (Lipinski definition) is 2. The average molecular weight is 256 g/mol. The Kier molecular flexibility index (Phi) is 5.01. The first-order valence-corrected chi connectivity index (χ1v) is 7.14. The van der Waals surface area contributed by atoms with Crippen LogP contribution < -0.4 is 5.32 Å². The SMILES string of the molecule is CC#CCN1CC(C(C)C)NCC1c1ccccc1. The van der Waals surface area contributed by atoms with Gasteiger partial charge in [0.05, 0.1) is 6.54 Å². The summed E-state index contributed by atoms with van der Waals surface area (Å²) in [6, 6.07) is 11.8. The summed E-state index contributed by atoms with van der Waals surface area (Å²) in [4.78, 5) is 2.51. The maximum Gasteiger partial charge on any atom is 0.0607 e. The monoisotopic (exact) mass is 256 g/mol. The predicted octanol–water partition coefficient (Wildman–Crippen LogP) is 2.68. The Morgan fingerprint density at radius 1 is 1.32 bits per heavy atom. The van der Waals surface area contributed by atoms with E-state index < -0.39 is 0 Å². The number of nitrogens with one attached hydrogen (secondary N) is 1. The van der Waals surface area contributed by atoms with Crippen LogP contribution in [0.2, 0.25) is 0 Å². The Morgan fingerprint density at radius 3 is 2.68 bits per heavy atom. The summed E-state index contributed by atoms with van der Waals surface area (Å²) in [5, 5.41) is 3.68. The second-order valence-electron chi connectivity index (χ2n) is 5.54. The molecule has 0 aromatic heterocycles. The summed E-state index contributed by atoms with van der Waals surface area (Å²) in [6.07, 6.45) is 0. The lowest BCUT2D eigenvalue weighted by Gasteiger charge is -2.41. The molecule has 1 aromatic rings. The second kappa shape index (κ2) is 6.75. The molecule has 1 heterocycles. The average Bonchev–Trinajstić information content (AvgIpc) is 2.45. The summed E-state index contributed by atoms with van der Waals surface area (Å²) < 4.78 is 0. The number of rotatable bonds is 3. The van der Waals surface area contributed by atoms with Crippen molar-refractivity contribution < 1.29 is 0 Å². The van der Waals surface area contributed by atoms with Crippen LogP contribution in [0.4, 0.5) is 0 Å². The summed E-state index contributed by atoms with van der Waals surface area (Å²) in [6.45, 7) is 9.43. The van der Waals surface area contributed by atoms with E-state index in [2.05, 4.69) is 66.2 Å². The normalized spacial score (nSPS) is 24.0. The van der Waals surface area contributed by atoms with Gasteiger partial charge in [-0.3, -0.25) is 4.90 Å². The highest BCUT2D eigenvalue weighted by Crippen LogP contribution is 2.24. The quantitative estimate of drug-likeness (QED) is 0.837. The molecule has 2 rings (SSSR count). The number of hydrogen-bond donors (Lipinski definition) is 1. The topological polar surface area (TPSA) is 15.3 Å². The van der Waals surface area contributed by atoms with Gasteiger partial charge in [0.1, 0.15) is 0 Å². The van der Waals surface area contributed by atoms with Crippen molar-refractivity contribution in [3.05, 3.63) is 35.9 Å². The molecule has 19 heavy (non-hydrogen) atoms. The molecule has 1 aromatic carbocycles. The molecule has 0 saturated carbocycles. The largest absolute Gasteiger partial charge is 0.311 e. The molecule has 1 aliphatic heterocycles. The zero-order chi connectivity index (χ0) is 13.7. The van der Waals surface area contributed by atoms with Crippen molar-refractivity contribution in [3.8, 4) is 11.8 Å². The van der Waals surface area contributed by atoms with Crippen LogP contribution in [0.5, 0.6) is 0 Å². The molecule has 2 heteroatoms. The Labute approximate surface area is 117 Å². The third-order valence-electron chi connectivity index (χ3n) is 3.89. The van der Waals surface area contributed by atoms with E-state index in [0.29, 0.717) is 18.0 Å². The van der Waals surface area contributed by atoms with E-state index in [0.717, 1.165) is 19.6 Å². The summed E-state index contributed by atoms with van der Waals surface area (Å²) in [5.41, 5.74) is 1.38. The predicted molar refractivity (Wildman–Crippen MR) is 80.8 cm³/mol. The maximum absolute atomic E-state index is 3.68. The highest BCUT2D eigenvalue weighted by molar-refractivity contribution is 5.21.